The molecular formula is C25H24FN3O2. The van der Waals surface area contributed by atoms with E-state index in [1.165, 1.54) is 11.6 Å². The van der Waals surface area contributed by atoms with Gasteiger partial charge >= 0.3 is 6.03 Å². The van der Waals surface area contributed by atoms with Gasteiger partial charge in [0.15, 0.2) is 0 Å². The number of aromatic nitrogens is 1. The molecule has 1 aliphatic heterocycles. The molecule has 2 heterocycles. The van der Waals surface area contributed by atoms with Gasteiger partial charge in [-0.25, -0.2) is 9.18 Å². The second kappa shape index (κ2) is 8.22. The smallest absolute Gasteiger partial charge is 0.318 e. The first-order chi connectivity index (χ1) is 14.9. The van der Waals surface area contributed by atoms with Gasteiger partial charge in [0.25, 0.3) is 5.91 Å². The summed E-state index contributed by atoms with van der Waals surface area (Å²) >= 11 is 0. The summed E-state index contributed by atoms with van der Waals surface area (Å²) in [7, 11) is 0. The van der Waals surface area contributed by atoms with Crippen LogP contribution in [0.25, 0.3) is 11.8 Å². The normalized spacial score (nSPS) is 15.1. The standard InChI is InChI=1S/C25H24FN3O2/c1-4-18-9-11-21(12-10-18)29-16(2)13-20(17(29)3)14-23-24(30)28(25(31)27-23)15-19-7-5-6-8-22(19)26/h5-14H,4,15H2,1-3H3,(H,27,31). The second-order valence-electron chi connectivity index (χ2n) is 7.65. The van der Waals surface area contributed by atoms with Gasteiger partial charge in [0.2, 0.25) is 0 Å². The van der Waals surface area contributed by atoms with Crippen LogP contribution in [0.5, 0.6) is 0 Å². The topological polar surface area (TPSA) is 54.3 Å². The molecule has 0 atom stereocenters. The average Bonchev–Trinajstić information content (AvgIpc) is 3.19. The molecule has 0 aliphatic carbocycles. The van der Waals surface area contributed by atoms with Crippen molar-refractivity contribution in [2.45, 2.75) is 33.7 Å². The Morgan fingerprint density at radius 2 is 1.74 bits per heavy atom. The number of aryl methyl sites for hydroxylation is 2. The Hall–Kier alpha value is -3.67. The molecule has 31 heavy (non-hydrogen) atoms. The van der Waals surface area contributed by atoms with Gasteiger partial charge in [-0.2, -0.15) is 0 Å². The zero-order chi connectivity index (χ0) is 22.1. The summed E-state index contributed by atoms with van der Waals surface area (Å²) in [5.74, 6) is -0.913. The lowest BCUT2D eigenvalue weighted by molar-refractivity contribution is -0.123. The van der Waals surface area contributed by atoms with Gasteiger partial charge in [-0.05, 0) is 61.7 Å². The number of hydrogen-bond donors (Lipinski definition) is 1. The number of nitrogens with one attached hydrogen (secondary N) is 1. The molecule has 0 radical (unpaired) electrons. The van der Waals surface area contributed by atoms with Gasteiger partial charge in [-0.15, -0.1) is 0 Å². The van der Waals surface area contributed by atoms with Crippen molar-refractivity contribution < 1.29 is 14.0 Å². The monoisotopic (exact) mass is 417 g/mol. The summed E-state index contributed by atoms with van der Waals surface area (Å²) in [5, 5.41) is 2.62. The van der Waals surface area contributed by atoms with E-state index in [-0.39, 0.29) is 12.2 Å². The number of imide groups is 1. The van der Waals surface area contributed by atoms with Gasteiger partial charge in [0.1, 0.15) is 11.5 Å². The Balaban J connectivity index is 1.62. The molecule has 0 spiro atoms. The highest BCUT2D eigenvalue weighted by atomic mass is 19.1. The van der Waals surface area contributed by atoms with Gasteiger partial charge in [0.05, 0.1) is 6.54 Å². The van der Waals surface area contributed by atoms with Crippen molar-refractivity contribution in [1.29, 1.82) is 0 Å². The van der Waals surface area contributed by atoms with Crippen molar-refractivity contribution in [3.63, 3.8) is 0 Å². The van der Waals surface area contributed by atoms with Crippen LogP contribution in [0.15, 0.2) is 60.3 Å². The molecule has 5 nitrogen and oxygen atoms in total. The predicted octanol–water partition coefficient (Wildman–Crippen LogP) is 4.89. The Morgan fingerprint density at radius 1 is 1.03 bits per heavy atom. The molecule has 0 unspecified atom stereocenters. The lowest BCUT2D eigenvalue weighted by atomic mass is 10.1. The summed E-state index contributed by atoms with van der Waals surface area (Å²) in [5.41, 5.74) is 5.61. The van der Waals surface area contributed by atoms with Crippen molar-refractivity contribution in [3.05, 3.63) is 94.2 Å². The van der Waals surface area contributed by atoms with Crippen LogP contribution in [-0.4, -0.2) is 21.4 Å². The number of carbonyl (C=O) groups excluding carboxylic acids is 2. The number of nitrogens with zero attached hydrogens (tertiary/aromatic N) is 2. The van der Waals surface area contributed by atoms with E-state index in [1.807, 2.05) is 19.9 Å². The Bertz CT molecular complexity index is 1190. The van der Waals surface area contributed by atoms with E-state index in [9.17, 15) is 14.0 Å². The molecule has 4 rings (SSSR count). The second-order valence-corrected chi connectivity index (χ2v) is 7.65. The minimum atomic E-state index is -0.552. The van der Waals surface area contributed by atoms with Crippen LogP contribution in [0.1, 0.15) is 35.0 Å². The number of amides is 3. The van der Waals surface area contributed by atoms with E-state index < -0.39 is 17.8 Å². The van der Waals surface area contributed by atoms with Crippen LogP contribution in [0.2, 0.25) is 0 Å². The van der Waals surface area contributed by atoms with Gasteiger partial charge in [-0.3, -0.25) is 9.69 Å². The fourth-order valence-corrected chi connectivity index (χ4v) is 3.88. The number of rotatable bonds is 5. The SMILES string of the molecule is CCc1ccc(-n2c(C)cc(C=C3NC(=O)N(Cc4ccccc4F)C3=O)c2C)cc1. The summed E-state index contributed by atoms with van der Waals surface area (Å²) < 4.78 is 16.1. The highest BCUT2D eigenvalue weighted by molar-refractivity contribution is 6.14. The van der Waals surface area contributed by atoms with Crippen LogP contribution >= 0.6 is 0 Å². The Kier molecular flexibility index (Phi) is 5.46. The number of halogens is 1. The molecule has 1 aliphatic rings. The van der Waals surface area contributed by atoms with Crippen molar-refractivity contribution in [2.24, 2.45) is 0 Å². The number of carbonyl (C=O) groups is 2. The number of benzene rings is 2. The van der Waals surface area contributed by atoms with Crippen LogP contribution in [0, 0.1) is 19.7 Å². The number of urea groups is 1. The molecular weight excluding hydrogens is 393 g/mol. The molecule has 0 saturated carbocycles. The summed E-state index contributed by atoms with van der Waals surface area (Å²) in [6.07, 6.45) is 2.66. The first-order valence-electron chi connectivity index (χ1n) is 10.2. The van der Waals surface area contributed by atoms with Crippen molar-refractivity contribution in [1.82, 2.24) is 14.8 Å². The first-order valence-corrected chi connectivity index (χ1v) is 10.2. The van der Waals surface area contributed by atoms with Crippen LogP contribution < -0.4 is 5.32 Å². The maximum Gasteiger partial charge on any atom is 0.329 e. The third-order valence-electron chi connectivity index (χ3n) is 5.62. The third-order valence-corrected chi connectivity index (χ3v) is 5.62. The Labute approximate surface area is 180 Å². The van der Waals surface area contributed by atoms with E-state index in [4.69, 9.17) is 0 Å². The minimum Gasteiger partial charge on any atom is -0.318 e. The van der Waals surface area contributed by atoms with E-state index in [0.29, 0.717) is 5.56 Å². The van der Waals surface area contributed by atoms with Crippen LogP contribution in [-0.2, 0) is 17.8 Å². The highest BCUT2D eigenvalue weighted by Gasteiger charge is 2.34. The fraction of sp³-hybridized carbons (Fsp3) is 0.200. The van der Waals surface area contributed by atoms with Crippen molar-refractivity contribution in [3.8, 4) is 5.69 Å². The van der Waals surface area contributed by atoms with Crippen molar-refractivity contribution >= 4 is 18.0 Å². The molecule has 1 aromatic heterocycles. The van der Waals surface area contributed by atoms with Gasteiger partial charge < -0.3 is 9.88 Å². The zero-order valence-corrected chi connectivity index (χ0v) is 17.8. The summed E-state index contributed by atoms with van der Waals surface area (Å²) in [6, 6.07) is 15.9. The quantitative estimate of drug-likeness (QED) is 0.475. The minimum absolute atomic E-state index is 0.114. The lowest BCUT2D eigenvalue weighted by Gasteiger charge is -2.12. The Morgan fingerprint density at radius 3 is 2.42 bits per heavy atom. The molecule has 1 fully saturated rings. The molecule has 0 bridgehead atoms. The highest BCUT2D eigenvalue weighted by Crippen LogP contribution is 2.25. The molecule has 1 N–H and O–H groups in total. The molecule has 6 heteroatoms. The predicted molar refractivity (Wildman–Crippen MR) is 118 cm³/mol. The maximum atomic E-state index is 14.0. The lowest BCUT2D eigenvalue weighted by Crippen LogP contribution is -2.30. The van der Waals surface area contributed by atoms with E-state index >= 15 is 0 Å². The molecule has 2 aromatic carbocycles. The molecule has 158 valence electrons. The molecule has 3 amide bonds. The summed E-state index contributed by atoms with van der Waals surface area (Å²) in [4.78, 5) is 26.2. The fourth-order valence-electron chi connectivity index (χ4n) is 3.88. The van der Waals surface area contributed by atoms with E-state index in [2.05, 4.69) is 41.1 Å². The van der Waals surface area contributed by atoms with E-state index in [0.717, 1.165) is 34.0 Å². The van der Waals surface area contributed by atoms with Crippen molar-refractivity contribution in [2.75, 3.05) is 0 Å². The largest absolute Gasteiger partial charge is 0.329 e. The van der Waals surface area contributed by atoms with E-state index in [1.54, 1.807) is 24.3 Å². The van der Waals surface area contributed by atoms with Gasteiger partial charge in [0, 0.05) is 22.6 Å². The summed E-state index contributed by atoms with van der Waals surface area (Å²) in [6.45, 7) is 5.99. The number of hydrogen-bond acceptors (Lipinski definition) is 2. The van der Waals surface area contributed by atoms with Gasteiger partial charge in [-0.1, -0.05) is 37.3 Å². The first kappa shape index (κ1) is 20.6. The third kappa shape index (κ3) is 3.89. The molecule has 1 saturated heterocycles. The van der Waals surface area contributed by atoms with Crippen LogP contribution in [0.3, 0.4) is 0 Å². The molecule has 3 aromatic rings. The maximum absolute atomic E-state index is 14.0. The van der Waals surface area contributed by atoms with Crippen LogP contribution in [0.4, 0.5) is 9.18 Å². The average molecular weight is 417 g/mol. The zero-order valence-electron chi connectivity index (χ0n) is 17.8.